The number of nitrogens with one attached hydrogen (secondary N) is 3. The molecular weight excluding hydrogens is 322 g/mol. The Balaban J connectivity index is 1.65. The Bertz CT molecular complexity index is 828. The lowest BCUT2D eigenvalue weighted by atomic mass is 10.1. The molecule has 3 rings (SSSR count). The molecule has 1 aliphatic heterocycles. The van der Waals surface area contributed by atoms with Gasteiger partial charge in [0.1, 0.15) is 6.04 Å². The van der Waals surface area contributed by atoms with Crippen LogP contribution in [0.5, 0.6) is 0 Å². The van der Waals surface area contributed by atoms with Crippen LogP contribution in [-0.4, -0.2) is 33.7 Å². The first-order chi connectivity index (χ1) is 12.0. The molecule has 130 valence electrons. The topological polar surface area (TPSA) is 105 Å². The number of benzene rings is 1. The summed E-state index contributed by atoms with van der Waals surface area (Å²) in [6.07, 6.45) is -0.0948. The zero-order valence-electron chi connectivity index (χ0n) is 14.0. The van der Waals surface area contributed by atoms with Gasteiger partial charge in [0.2, 0.25) is 5.91 Å². The molecule has 1 aliphatic rings. The molecule has 0 aliphatic carbocycles. The predicted molar refractivity (Wildman–Crippen MR) is 90.0 cm³/mol. The van der Waals surface area contributed by atoms with Crippen molar-refractivity contribution in [3.63, 3.8) is 0 Å². The van der Waals surface area contributed by atoms with E-state index in [1.165, 1.54) is 0 Å². The number of carbonyl (C=O) groups excluding carboxylic acids is 3. The summed E-state index contributed by atoms with van der Waals surface area (Å²) in [5.74, 6) is -0.794. The van der Waals surface area contributed by atoms with Crippen molar-refractivity contribution < 1.29 is 14.4 Å². The normalized spacial score (nSPS) is 16.5. The smallest absolute Gasteiger partial charge is 0.322 e. The molecule has 2 aromatic rings. The van der Waals surface area contributed by atoms with Gasteiger partial charge in [-0.15, -0.1) is 0 Å². The van der Waals surface area contributed by atoms with Crippen molar-refractivity contribution in [1.82, 2.24) is 25.7 Å². The van der Waals surface area contributed by atoms with Gasteiger partial charge in [-0.05, 0) is 26.0 Å². The van der Waals surface area contributed by atoms with E-state index in [-0.39, 0.29) is 12.3 Å². The van der Waals surface area contributed by atoms with Gasteiger partial charge in [-0.1, -0.05) is 18.2 Å². The Kier molecular flexibility index (Phi) is 4.51. The number of imide groups is 1. The predicted octanol–water partition coefficient (Wildman–Crippen LogP) is 0.703. The summed E-state index contributed by atoms with van der Waals surface area (Å²) in [4.78, 5) is 34.6. The van der Waals surface area contributed by atoms with E-state index in [0.29, 0.717) is 6.54 Å². The third-order valence-electron chi connectivity index (χ3n) is 4.15. The molecule has 0 radical (unpaired) electrons. The van der Waals surface area contributed by atoms with Crippen molar-refractivity contribution in [3.8, 4) is 5.69 Å². The number of nitrogens with zero attached hydrogens (tertiary/aromatic N) is 2. The summed E-state index contributed by atoms with van der Waals surface area (Å²) in [6.45, 7) is 4.14. The number of rotatable bonds is 5. The Morgan fingerprint density at radius 2 is 1.96 bits per heavy atom. The zero-order chi connectivity index (χ0) is 18.0. The molecular formula is C17H19N5O3. The fourth-order valence-electron chi connectivity index (χ4n) is 2.80. The summed E-state index contributed by atoms with van der Waals surface area (Å²) < 4.78 is 1.83. The number of amides is 4. The van der Waals surface area contributed by atoms with Gasteiger partial charge in [-0.3, -0.25) is 14.9 Å². The molecule has 0 spiro atoms. The van der Waals surface area contributed by atoms with Crippen LogP contribution in [0, 0.1) is 13.8 Å². The number of hydrogen-bond acceptors (Lipinski definition) is 4. The highest BCUT2D eigenvalue weighted by atomic mass is 16.2. The van der Waals surface area contributed by atoms with Crippen molar-refractivity contribution in [2.75, 3.05) is 0 Å². The molecule has 25 heavy (non-hydrogen) atoms. The van der Waals surface area contributed by atoms with Gasteiger partial charge in [-0.2, -0.15) is 5.10 Å². The molecule has 8 nitrogen and oxygen atoms in total. The van der Waals surface area contributed by atoms with E-state index >= 15 is 0 Å². The third-order valence-corrected chi connectivity index (χ3v) is 4.15. The zero-order valence-corrected chi connectivity index (χ0v) is 14.0. The van der Waals surface area contributed by atoms with Crippen molar-refractivity contribution in [3.05, 3.63) is 47.3 Å². The van der Waals surface area contributed by atoms with Crippen molar-refractivity contribution >= 4 is 17.8 Å². The van der Waals surface area contributed by atoms with Gasteiger partial charge >= 0.3 is 6.03 Å². The van der Waals surface area contributed by atoms with Crippen LogP contribution >= 0.6 is 0 Å². The number of urea groups is 1. The number of carbonyl (C=O) groups is 3. The van der Waals surface area contributed by atoms with Crippen LogP contribution in [-0.2, 0) is 16.1 Å². The van der Waals surface area contributed by atoms with Crippen LogP contribution in [0.4, 0.5) is 4.79 Å². The van der Waals surface area contributed by atoms with E-state index in [1.807, 2.05) is 48.9 Å². The molecule has 0 saturated carbocycles. The molecule has 1 atom stereocenters. The number of hydrogen-bond donors (Lipinski definition) is 3. The van der Waals surface area contributed by atoms with Crippen LogP contribution in [0.2, 0.25) is 0 Å². The molecule has 1 unspecified atom stereocenters. The van der Waals surface area contributed by atoms with Gasteiger partial charge < -0.3 is 10.6 Å². The van der Waals surface area contributed by atoms with Gasteiger partial charge in [0.05, 0.1) is 17.8 Å². The first-order valence-electron chi connectivity index (χ1n) is 7.94. The SMILES string of the molecule is Cc1nn(-c2ccccc2)c(C)c1CNC(=O)CC1NC(=O)NC1=O. The number of para-hydroxylation sites is 1. The maximum Gasteiger partial charge on any atom is 0.322 e. The molecule has 4 amide bonds. The lowest BCUT2D eigenvalue weighted by molar-refractivity contribution is -0.126. The first-order valence-corrected chi connectivity index (χ1v) is 7.94. The van der Waals surface area contributed by atoms with E-state index < -0.39 is 18.0 Å². The summed E-state index contributed by atoms with van der Waals surface area (Å²) in [5.41, 5.74) is 3.65. The summed E-state index contributed by atoms with van der Waals surface area (Å²) in [7, 11) is 0. The van der Waals surface area contributed by atoms with Crippen LogP contribution in [0.1, 0.15) is 23.4 Å². The number of aromatic nitrogens is 2. The van der Waals surface area contributed by atoms with E-state index in [0.717, 1.165) is 22.6 Å². The minimum absolute atomic E-state index is 0.0948. The van der Waals surface area contributed by atoms with Crippen LogP contribution in [0.25, 0.3) is 5.69 Å². The molecule has 3 N–H and O–H groups in total. The Morgan fingerprint density at radius 3 is 2.60 bits per heavy atom. The highest BCUT2D eigenvalue weighted by Gasteiger charge is 2.31. The van der Waals surface area contributed by atoms with Crippen LogP contribution < -0.4 is 16.0 Å². The number of aryl methyl sites for hydroxylation is 1. The standard InChI is InChI=1S/C17H19N5O3/c1-10-13(11(2)22(21-10)12-6-4-3-5-7-12)9-18-15(23)8-14-16(24)20-17(25)19-14/h3-7,14H,8-9H2,1-2H3,(H,18,23)(H2,19,20,24,25). The van der Waals surface area contributed by atoms with Crippen LogP contribution in [0.15, 0.2) is 30.3 Å². The van der Waals surface area contributed by atoms with E-state index in [4.69, 9.17) is 0 Å². The molecule has 1 aromatic heterocycles. The molecule has 1 saturated heterocycles. The lowest BCUT2D eigenvalue weighted by Gasteiger charge is -2.09. The largest absolute Gasteiger partial charge is 0.352 e. The minimum atomic E-state index is -0.818. The average molecular weight is 341 g/mol. The first kappa shape index (κ1) is 16.7. The molecule has 0 bridgehead atoms. The lowest BCUT2D eigenvalue weighted by Crippen LogP contribution is -2.36. The maximum atomic E-state index is 12.1. The van der Waals surface area contributed by atoms with E-state index in [9.17, 15) is 14.4 Å². The fourth-order valence-corrected chi connectivity index (χ4v) is 2.80. The average Bonchev–Trinajstić information content (AvgIpc) is 3.05. The second kappa shape index (κ2) is 6.76. The van der Waals surface area contributed by atoms with Gasteiger partial charge in [0, 0.05) is 17.8 Å². The van der Waals surface area contributed by atoms with Gasteiger partial charge in [-0.25, -0.2) is 9.48 Å². The summed E-state index contributed by atoms with van der Waals surface area (Å²) in [6, 6.07) is 8.35. The molecule has 1 fully saturated rings. The third kappa shape index (κ3) is 3.52. The van der Waals surface area contributed by atoms with E-state index in [1.54, 1.807) is 0 Å². The molecule has 2 heterocycles. The Labute approximate surface area is 144 Å². The Hall–Kier alpha value is -3.16. The monoisotopic (exact) mass is 341 g/mol. The highest BCUT2D eigenvalue weighted by molar-refractivity contribution is 6.05. The van der Waals surface area contributed by atoms with Crippen molar-refractivity contribution in [2.45, 2.75) is 32.9 Å². The minimum Gasteiger partial charge on any atom is -0.352 e. The van der Waals surface area contributed by atoms with Gasteiger partial charge in [0.25, 0.3) is 5.91 Å². The fraction of sp³-hybridized carbons (Fsp3) is 0.294. The summed E-state index contributed by atoms with van der Waals surface area (Å²) in [5, 5.41) is 11.8. The highest BCUT2D eigenvalue weighted by Crippen LogP contribution is 2.17. The molecule has 8 heteroatoms. The maximum absolute atomic E-state index is 12.1. The molecule has 1 aromatic carbocycles. The summed E-state index contributed by atoms with van der Waals surface area (Å²) >= 11 is 0. The van der Waals surface area contributed by atoms with Gasteiger partial charge in [0.15, 0.2) is 0 Å². The van der Waals surface area contributed by atoms with E-state index in [2.05, 4.69) is 21.0 Å². The quantitative estimate of drug-likeness (QED) is 0.696. The van der Waals surface area contributed by atoms with Crippen LogP contribution in [0.3, 0.4) is 0 Å². The second-order valence-corrected chi connectivity index (χ2v) is 5.89. The second-order valence-electron chi connectivity index (χ2n) is 5.89. The van der Waals surface area contributed by atoms with Crippen molar-refractivity contribution in [2.24, 2.45) is 0 Å². The van der Waals surface area contributed by atoms with Crippen molar-refractivity contribution in [1.29, 1.82) is 0 Å². The Morgan fingerprint density at radius 1 is 1.24 bits per heavy atom.